The maximum absolute atomic E-state index is 10.7. The first-order chi connectivity index (χ1) is 9.35. The maximum atomic E-state index is 10.7. The lowest BCUT2D eigenvalue weighted by Crippen LogP contribution is -2.42. The molecule has 0 radical (unpaired) electrons. The maximum Gasteiger partial charge on any atom is 0.334 e. The second kappa shape index (κ2) is 7.92. The third-order valence-corrected chi connectivity index (χ3v) is 7.84. The normalized spacial score (nSPS) is 28.1. The van der Waals surface area contributed by atoms with Crippen LogP contribution in [0.1, 0.15) is 59.8 Å². The minimum atomic E-state index is -1.99. The molecule has 1 saturated carbocycles. The van der Waals surface area contributed by atoms with Crippen molar-refractivity contribution in [3.05, 3.63) is 0 Å². The van der Waals surface area contributed by atoms with Gasteiger partial charge in [0.1, 0.15) is 0 Å². The van der Waals surface area contributed by atoms with Gasteiger partial charge in [-0.1, -0.05) is 26.7 Å². The Morgan fingerprint density at radius 2 is 1.85 bits per heavy atom. The molecule has 2 atom stereocenters. The van der Waals surface area contributed by atoms with Crippen molar-refractivity contribution in [1.29, 1.82) is 0 Å². The zero-order chi connectivity index (χ0) is 15.2. The number of hydrogen-bond donors (Lipinski definition) is 1. The summed E-state index contributed by atoms with van der Waals surface area (Å²) in [6.07, 6.45) is 5.45. The van der Waals surface area contributed by atoms with E-state index < -0.39 is 14.2 Å². The van der Waals surface area contributed by atoms with Crippen LogP contribution in [0.2, 0.25) is 12.6 Å². The van der Waals surface area contributed by atoms with Crippen LogP contribution >= 0.6 is 0 Å². The van der Waals surface area contributed by atoms with Gasteiger partial charge in [0.05, 0.1) is 5.60 Å². The van der Waals surface area contributed by atoms with Crippen LogP contribution in [0, 0.1) is 11.8 Å². The fraction of sp³-hybridized carbons (Fsp3) is 1.00. The Morgan fingerprint density at radius 1 is 1.25 bits per heavy atom. The fourth-order valence-electron chi connectivity index (χ4n) is 3.43. The number of rotatable bonds is 8. The topological polar surface area (TPSA) is 38.7 Å². The SMILES string of the molecule is CCO[Si](C)(CCC1CCCC(O)(C(C)C)C1)OCC. The molecule has 0 aromatic rings. The largest absolute Gasteiger partial charge is 0.395 e. The van der Waals surface area contributed by atoms with Crippen LogP contribution in [-0.2, 0) is 8.85 Å². The molecule has 2 unspecified atom stereocenters. The zero-order valence-corrected chi connectivity index (χ0v) is 15.1. The lowest BCUT2D eigenvalue weighted by Gasteiger charge is -2.40. The average Bonchev–Trinajstić information content (AvgIpc) is 2.37. The van der Waals surface area contributed by atoms with Crippen molar-refractivity contribution < 1.29 is 14.0 Å². The van der Waals surface area contributed by atoms with E-state index in [4.69, 9.17) is 8.85 Å². The second-order valence-electron chi connectivity index (χ2n) is 6.76. The summed E-state index contributed by atoms with van der Waals surface area (Å²) in [5.41, 5.74) is -0.446. The van der Waals surface area contributed by atoms with Crippen LogP contribution in [-0.4, -0.2) is 32.5 Å². The van der Waals surface area contributed by atoms with Crippen LogP contribution in [0.5, 0.6) is 0 Å². The third-order valence-electron chi connectivity index (χ3n) is 4.84. The molecule has 0 aromatic carbocycles. The van der Waals surface area contributed by atoms with Crippen LogP contribution < -0.4 is 0 Å². The Bertz CT molecular complexity index is 277. The van der Waals surface area contributed by atoms with Gasteiger partial charge in [-0.15, -0.1) is 0 Å². The highest BCUT2D eigenvalue weighted by atomic mass is 28.4. The van der Waals surface area contributed by atoms with Crippen molar-refractivity contribution >= 4 is 8.56 Å². The summed E-state index contributed by atoms with van der Waals surface area (Å²) in [6.45, 7) is 12.0. The summed E-state index contributed by atoms with van der Waals surface area (Å²) in [5, 5.41) is 10.7. The van der Waals surface area contributed by atoms with E-state index in [9.17, 15) is 5.11 Å². The van der Waals surface area contributed by atoms with Crippen molar-refractivity contribution in [2.75, 3.05) is 13.2 Å². The van der Waals surface area contributed by atoms with E-state index in [1.165, 1.54) is 6.42 Å². The molecule has 0 spiro atoms. The molecule has 0 saturated heterocycles. The number of hydrogen-bond acceptors (Lipinski definition) is 3. The van der Waals surface area contributed by atoms with Gasteiger partial charge in [0.2, 0.25) is 0 Å². The van der Waals surface area contributed by atoms with E-state index >= 15 is 0 Å². The monoisotopic (exact) mass is 302 g/mol. The molecule has 0 bridgehead atoms. The molecule has 20 heavy (non-hydrogen) atoms. The van der Waals surface area contributed by atoms with Gasteiger partial charge in [0.15, 0.2) is 0 Å². The summed E-state index contributed by atoms with van der Waals surface area (Å²) in [5.74, 6) is 0.983. The van der Waals surface area contributed by atoms with Gasteiger partial charge in [0.25, 0.3) is 0 Å². The van der Waals surface area contributed by atoms with Gasteiger partial charge in [-0.3, -0.25) is 0 Å². The smallest absolute Gasteiger partial charge is 0.334 e. The molecule has 0 heterocycles. The van der Waals surface area contributed by atoms with E-state index in [2.05, 4.69) is 20.4 Å². The summed E-state index contributed by atoms with van der Waals surface area (Å²) < 4.78 is 11.8. The van der Waals surface area contributed by atoms with Crippen LogP contribution in [0.25, 0.3) is 0 Å². The first-order valence-corrected chi connectivity index (χ1v) is 10.9. The third kappa shape index (κ3) is 5.13. The Kier molecular flexibility index (Phi) is 7.19. The lowest BCUT2D eigenvalue weighted by molar-refractivity contribution is -0.0546. The minimum absolute atomic E-state index is 0.354. The molecule has 1 rings (SSSR count). The minimum Gasteiger partial charge on any atom is -0.395 e. The van der Waals surface area contributed by atoms with Crippen molar-refractivity contribution in [2.24, 2.45) is 11.8 Å². The first-order valence-electron chi connectivity index (χ1n) is 8.35. The Labute approximate surface area is 126 Å². The van der Waals surface area contributed by atoms with Gasteiger partial charge >= 0.3 is 8.56 Å². The molecule has 120 valence electrons. The Morgan fingerprint density at radius 3 is 2.35 bits per heavy atom. The van der Waals surface area contributed by atoms with Gasteiger partial charge in [-0.25, -0.2) is 0 Å². The highest BCUT2D eigenvalue weighted by molar-refractivity contribution is 6.66. The highest BCUT2D eigenvalue weighted by Gasteiger charge is 2.38. The quantitative estimate of drug-likeness (QED) is 0.686. The first kappa shape index (κ1) is 18.1. The predicted molar refractivity (Wildman–Crippen MR) is 86.0 cm³/mol. The van der Waals surface area contributed by atoms with E-state index in [-0.39, 0.29) is 0 Å². The second-order valence-corrected chi connectivity index (χ2v) is 10.1. The lowest BCUT2D eigenvalue weighted by atomic mass is 9.72. The molecular weight excluding hydrogens is 268 g/mol. The average molecular weight is 303 g/mol. The van der Waals surface area contributed by atoms with Crippen molar-refractivity contribution in [3.8, 4) is 0 Å². The molecule has 1 aliphatic carbocycles. The Balaban J connectivity index is 2.51. The van der Waals surface area contributed by atoms with E-state index in [1.807, 2.05) is 13.8 Å². The molecule has 1 N–H and O–H groups in total. The summed E-state index contributed by atoms with van der Waals surface area (Å²) in [6, 6.07) is 1.05. The van der Waals surface area contributed by atoms with Crippen LogP contribution in [0.15, 0.2) is 0 Å². The van der Waals surface area contributed by atoms with E-state index in [1.54, 1.807) is 0 Å². The molecule has 0 amide bonds. The van der Waals surface area contributed by atoms with E-state index in [0.717, 1.165) is 44.9 Å². The van der Waals surface area contributed by atoms with Gasteiger partial charge in [-0.05, 0) is 57.5 Å². The summed E-state index contributed by atoms with van der Waals surface area (Å²) in [7, 11) is -1.99. The van der Waals surface area contributed by atoms with E-state index in [0.29, 0.717) is 11.8 Å². The molecule has 1 fully saturated rings. The van der Waals surface area contributed by atoms with Crippen molar-refractivity contribution in [2.45, 2.75) is 78.0 Å². The van der Waals surface area contributed by atoms with Crippen molar-refractivity contribution in [3.63, 3.8) is 0 Å². The molecule has 1 aliphatic rings. The molecule has 0 aromatic heterocycles. The Hall–Kier alpha value is 0.0969. The molecule has 0 aliphatic heterocycles. The van der Waals surface area contributed by atoms with Gasteiger partial charge < -0.3 is 14.0 Å². The summed E-state index contributed by atoms with van der Waals surface area (Å²) in [4.78, 5) is 0. The molecular formula is C16H34O3Si. The molecule has 3 nitrogen and oxygen atoms in total. The molecule has 4 heteroatoms. The fourth-order valence-corrected chi connectivity index (χ4v) is 5.96. The summed E-state index contributed by atoms with van der Waals surface area (Å²) >= 11 is 0. The van der Waals surface area contributed by atoms with Gasteiger partial charge in [-0.2, -0.15) is 0 Å². The highest BCUT2D eigenvalue weighted by Crippen LogP contribution is 2.40. The number of aliphatic hydroxyl groups is 1. The zero-order valence-electron chi connectivity index (χ0n) is 14.1. The van der Waals surface area contributed by atoms with Crippen molar-refractivity contribution in [1.82, 2.24) is 0 Å². The van der Waals surface area contributed by atoms with Crippen LogP contribution in [0.3, 0.4) is 0 Å². The van der Waals surface area contributed by atoms with Crippen LogP contribution in [0.4, 0.5) is 0 Å². The van der Waals surface area contributed by atoms with Gasteiger partial charge in [0, 0.05) is 13.2 Å². The predicted octanol–water partition coefficient (Wildman–Crippen LogP) is 4.10. The standard InChI is InChI=1S/C16H34O3Si/c1-6-18-20(5,19-7-2)12-10-15-9-8-11-16(17,13-15)14(3)4/h14-15,17H,6-13H2,1-5H3.